The average molecular weight is 269 g/mol. The summed E-state index contributed by atoms with van der Waals surface area (Å²) in [6.45, 7) is 0. The van der Waals surface area contributed by atoms with Crippen molar-refractivity contribution in [2.45, 2.75) is 44.6 Å². The van der Waals surface area contributed by atoms with E-state index in [1.54, 1.807) is 0 Å². The summed E-state index contributed by atoms with van der Waals surface area (Å²) in [5.41, 5.74) is 5.19. The normalized spacial score (nSPS) is 17.6. The number of benzene rings is 1. The quantitative estimate of drug-likeness (QED) is 0.647. The first kappa shape index (κ1) is 13.5. The number of para-hydroxylation sites is 1. The molecule has 0 aliphatic heterocycles. The van der Waals surface area contributed by atoms with Crippen molar-refractivity contribution in [3.8, 4) is 0 Å². The fourth-order valence-corrected chi connectivity index (χ4v) is 3.33. The molecular weight excluding hydrogens is 246 g/mol. The van der Waals surface area contributed by atoms with Crippen LogP contribution < -0.4 is 11.3 Å². The minimum Gasteiger partial charge on any atom is -0.271 e. The van der Waals surface area contributed by atoms with Crippen LogP contribution in [0.2, 0.25) is 0 Å². The molecule has 20 heavy (non-hydrogen) atoms. The molecule has 1 fully saturated rings. The minimum absolute atomic E-state index is 0.340. The summed E-state index contributed by atoms with van der Waals surface area (Å²) < 4.78 is 0. The largest absolute Gasteiger partial charge is 0.271 e. The van der Waals surface area contributed by atoms with Crippen molar-refractivity contribution < 1.29 is 0 Å². The summed E-state index contributed by atoms with van der Waals surface area (Å²) in [4.78, 5) is 4.74. The van der Waals surface area contributed by atoms with Gasteiger partial charge in [-0.1, -0.05) is 49.9 Å². The molecule has 2 aromatic rings. The lowest BCUT2D eigenvalue weighted by Crippen LogP contribution is -2.38. The van der Waals surface area contributed by atoms with E-state index in [2.05, 4.69) is 29.7 Å². The van der Waals surface area contributed by atoms with Gasteiger partial charge < -0.3 is 0 Å². The van der Waals surface area contributed by atoms with E-state index in [0.29, 0.717) is 6.04 Å². The molecule has 1 heterocycles. The molecule has 3 rings (SSSR count). The average Bonchev–Trinajstić information content (AvgIpc) is 2.99. The number of aromatic nitrogens is 1. The maximum Gasteiger partial charge on any atom is 0.0705 e. The smallest absolute Gasteiger partial charge is 0.0705 e. The Bertz CT molecular complexity index is 561. The van der Waals surface area contributed by atoms with Crippen LogP contribution in [0, 0.1) is 5.92 Å². The summed E-state index contributed by atoms with van der Waals surface area (Å²) in [5, 5.41) is 1.20. The molecule has 0 saturated heterocycles. The number of nitrogens with zero attached hydrogens (tertiary/aromatic N) is 1. The monoisotopic (exact) mass is 269 g/mol. The predicted molar refractivity (Wildman–Crippen MR) is 83.1 cm³/mol. The number of nitrogens with two attached hydrogens (primary N) is 1. The zero-order valence-corrected chi connectivity index (χ0v) is 11.9. The van der Waals surface area contributed by atoms with Gasteiger partial charge in [-0.3, -0.25) is 16.3 Å². The van der Waals surface area contributed by atoms with Gasteiger partial charge in [0.1, 0.15) is 0 Å². The second-order valence-corrected chi connectivity index (χ2v) is 5.95. The maximum absolute atomic E-state index is 5.73. The van der Waals surface area contributed by atoms with Crippen molar-refractivity contribution in [2.24, 2.45) is 11.8 Å². The number of hydrogen-bond donors (Lipinski definition) is 2. The van der Waals surface area contributed by atoms with E-state index in [0.717, 1.165) is 23.5 Å². The number of rotatable bonds is 5. The summed E-state index contributed by atoms with van der Waals surface area (Å²) in [5.74, 6) is 6.58. The first-order valence-electron chi connectivity index (χ1n) is 7.66. The number of fused-ring (bicyclic) bond motifs is 1. The second kappa shape index (κ2) is 6.33. The SMILES string of the molecule is NNC(Cc1ccc2ccccc2n1)CC1CCCC1. The molecule has 3 N–H and O–H groups in total. The third-order valence-electron chi connectivity index (χ3n) is 4.44. The Labute approximate surface area is 120 Å². The Kier molecular flexibility index (Phi) is 4.28. The summed E-state index contributed by atoms with van der Waals surface area (Å²) in [7, 11) is 0. The van der Waals surface area contributed by atoms with Gasteiger partial charge in [0.15, 0.2) is 0 Å². The first-order chi connectivity index (χ1) is 9.85. The molecule has 1 atom stereocenters. The van der Waals surface area contributed by atoms with Gasteiger partial charge in [-0.15, -0.1) is 0 Å². The van der Waals surface area contributed by atoms with Crippen LogP contribution in [0.25, 0.3) is 10.9 Å². The van der Waals surface area contributed by atoms with Gasteiger partial charge in [-0.25, -0.2) is 0 Å². The van der Waals surface area contributed by atoms with Gasteiger partial charge in [0.05, 0.1) is 5.52 Å². The summed E-state index contributed by atoms with van der Waals surface area (Å²) in [6.07, 6.45) is 7.59. The zero-order valence-electron chi connectivity index (χ0n) is 11.9. The van der Waals surface area contributed by atoms with Crippen LogP contribution in [0.5, 0.6) is 0 Å². The third-order valence-corrected chi connectivity index (χ3v) is 4.44. The lowest BCUT2D eigenvalue weighted by atomic mass is 9.95. The highest BCUT2D eigenvalue weighted by Crippen LogP contribution is 2.29. The Balaban J connectivity index is 1.69. The molecule has 1 saturated carbocycles. The zero-order chi connectivity index (χ0) is 13.8. The molecule has 3 heteroatoms. The van der Waals surface area contributed by atoms with Gasteiger partial charge in [-0.05, 0) is 24.5 Å². The number of pyridine rings is 1. The van der Waals surface area contributed by atoms with Crippen LogP contribution in [-0.4, -0.2) is 11.0 Å². The van der Waals surface area contributed by atoms with Crippen LogP contribution >= 0.6 is 0 Å². The van der Waals surface area contributed by atoms with Crippen molar-refractivity contribution in [3.05, 3.63) is 42.1 Å². The van der Waals surface area contributed by atoms with E-state index in [-0.39, 0.29) is 0 Å². The third kappa shape index (κ3) is 3.17. The highest BCUT2D eigenvalue weighted by atomic mass is 15.2. The lowest BCUT2D eigenvalue weighted by Gasteiger charge is -2.19. The van der Waals surface area contributed by atoms with E-state index in [1.807, 2.05) is 12.1 Å². The van der Waals surface area contributed by atoms with E-state index in [1.165, 1.54) is 37.5 Å². The summed E-state index contributed by atoms with van der Waals surface area (Å²) in [6, 6.07) is 12.9. The van der Waals surface area contributed by atoms with E-state index in [9.17, 15) is 0 Å². The number of nitrogens with one attached hydrogen (secondary N) is 1. The predicted octanol–water partition coefficient (Wildman–Crippen LogP) is 3.19. The fourth-order valence-electron chi connectivity index (χ4n) is 3.33. The highest BCUT2D eigenvalue weighted by molar-refractivity contribution is 5.78. The van der Waals surface area contributed by atoms with Gasteiger partial charge >= 0.3 is 0 Å². The molecule has 0 bridgehead atoms. The minimum atomic E-state index is 0.340. The lowest BCUT2D eigenvalue weighted by molar-refractivity contribution is 0.388. The Hall–Kier alpha value is -1.45. The maximum atomic E-state index is 5.73. The fraction of sp³-hybridized carbons (Fsp3) is 0.471. The number of hydrazine groups is 1. The van der Waals surface area contributed by atoms with Crippen LogP contribution in [0.3, 0.4) is 0 Å². The standard InChI is InChI=1S/C17H23N3/c18-20-16(11-13-5-1-2-6-13)12-15-10-9-14-7-3-4-8-17(14)19-15/h3-4,7-10,13,16,20H,1-2,5-6,11-12,18H2. The van der Waals surface area contributed by atoms with Crippen molar-refractivity contribution in [2.75, 3.05) is 0 Å². The van der Waals surface area contributed by atoms with Crippen LogP contribution in [-0.2, 0) is 6.42 Å². The second-order valence-electron chi connectivity index (χ2n) is 5.95. The van der Waals surface area contributed by atoms with Crippen LogP contribution in [0.15, 0.2) is 36.4 Å². The molecule has 1 aromatic heterocycles. The van der Waals surface area contributed by atoms with Gasteiger partial charge in [0.25, 0.3) is 0 Å². The van der Waals surface area contributed by atoms with Crippen molar-refractivity contribution in [3.63, 3.8) is 0 Å². The molecule has 1 unspecified atom stereocenters. The van der Waals surface area contributed by atoms with Crippen LogP contribution in [0.4, 0.5) is 0 Å². The van der Waals surface area contributed by atoms with Crippen molar-refractivity contribution >= 4 is 10.9 Å². The van der Waals surface area contributed by atoms with E-state index < -0.39 is 0 Å². The Morgan fingerprint density at radius 2 is 1.95 bits per heavy atom. The van der Waals surface area contributed by atoms with E-state index in [4.69, 9.17) is 10.8 Å². The topological polar surface area (TPSA) is 50.9 Å². The molecule has 1 aliphatic rings. The molecule has 0 amide bonds. The van der Waals surface area contributed by atoms with Gasteiger partial charge in [0.2, 0.25) is 0 Å². The molecule has 3 nitrogen and oxygen atoms in total. The molecule has 1 aliphatic carbocycles. The van der Waals surface area contributed by atoms with Crippen molar-refractivity contribution in [1.29, 1.82) is 0 Å². The van der Waals surface area contributed by atoms with Crippen LogP contribution in [0.1, 0.15) is 37.8 Å². The summed E-state index contributed by atoms with van der Waals surface area (Å²) >= 11 is 0. The highest BCUT2D eigenvalue weighted by Gasteiger charge is 2.20. The van der Waals surface area contributed by atoms with Gasteiger partial charge in [-0.2, -0.15) is 0 Å². The van der Waals surface area contributed by atoms with E-state index >= 15 is 0 Å². The Morgan fingerprint density at radius 3 is 2.75 bits per heavy atom. The van der Waals surface area contributed by atoms with Gasteiger partial charge in [0, 0.05) is 23.5 Å². The molecule has 0 spiro atoms. The number of hydrogen-bond acceptors (Lipinski definition) is 3. The van der Waals surface area contributed by atoms with Crippen molar-refractivity contribution in [1.82, 2.24) is 10.4 Å². The molecular formula is C17H23N3. The molecule has 1 aromatic carbocycles. The first-order valence-corrected chi connectivity index (χ1v) is 7.66. The molecule has 0 radical (unpaired) electrons. The molecule has 106 valence electrons. The Morgan fingerprint density at radius 1 is 1.15 bits per heavy atom.